The number of carbonyl (C=O) groups is 1. The van der Waals surface area contributed by atoms with Gasteiger partial charge in [0.15, 0.2) is 5.78 Å². The molecule has 11 heavy (non-hydrogen) atoms. The van der Waals surface area contributed by atoms with Crippen molar-refractivity contribution in [2.75, 3.05) is 0 Å². The highest BCUT2D eigenvalue weighted by molar-refractivity contribution is 5.92. The summed E-state index contributed by atoms with van der Waals surface area (Å²) in [6.45, 7) is 0. The van der Waals surface area contributed by atoms with Crippen LogP contribution in [0.5, 0.6) is 0 Å². The van der Waals surface area contributed by atoms with E-state index in [0.717, 1.165) is 18.2 Å². The average molecular weight is 162 g/mol. The van der Waals surface area contributed by atoms with E-state index in [0.29, 0.717) is 0 Å². The largest absolute Gasteiger partial charge is 0.416 e. The molecule has 0 unspecified atom stereocenters. The Hall–Kier alpha value is -1.06. The lowest BCUT2D eigenvalue weighted by molar-refractivity contribution is -0.114. The highest BCUT2D eigenvalue weighted by atomic mass is 19.4. The Morgan fingerprint density at radius 2 is 1.91 bits per heavy atom. The Morgan fingerprint density at radius 3 is 2.27 bits per heavy atom. The molecule has 0 heterocycles. The average Bonchev–Trinajstić information content (AvgIpc) is 1.86. The summed E-state index contributed by atoms with van der Waals surface area (Å²) >= 11 is 0. The van der Waals surface area contributed by atoms with Crippen molar-refractivity contribution >= 4 is 5.78 Å². The molecule has 0 aliphatic heterocycles. The standard InChI is InChI=1S/C7H5F3O/c8-7(9,10)5-1-3-6(11)4-2-5/h1-3H,4H2. The molecule has 0 spiro atoms. The Bertz CT molecular complexity index is 235. The molecule has 0 fully saturated rings. The van der Waals surface area contributed by atoms with Crippen LogP contribution in [-0.2, 0) is 4.79 Å². The van der Waals surface area contributed by atoms with Crippen LogP contribution in [0.4, 0.5) is 13.2 Å². The Morgan fingerprint density at radius 1 is 1.27 bits per heavy atom. The van der Waals surface area contributed by atoms with Crippen LogP contribution in [0, 0.1) is 0 Å². The van der Waals surface area contributed by atoms with Crippen LogP contribution < -0.4 is 0 Å². The van der Waals surface area contributed by atoms with Crippen molar-refractivity contribution in [2.45, 2.75) is 12.6 Å². The van der Waals surface area contributed by atoms with Crippen LogP contribution >= 0.6 is 0 Å². The fraction of sp³-hybridized carbons (Fsp3) is 0.286. The molecular formula is C7H5F3O. The normalized spacial score (nSPS) is 18.5. The van der Waals surface area contributed by atoms with E-state index in [1.807, 2.05) is 0 Å². The maximum atomic E-state index is 11.8. The van der Waals surface area contributed by atoms with E-state index in [2.05, 4.69) is 0 Å². The van der Waals surface area contributed by atoms with Gasteiger partial charge in [0, 0.05) is 6.42 Å². The number of alkyl halides is 3. The van der Waals surface area contributed by atoms with Crippen LogP contribution in [0.3, 0.4) is 0 Å². The summed E-state index contributed by atoms with van der Waals surface area (Å²) in [5.74, 6) is -0.294. The van der Waals surface area contributed by atoms with E-state index in [9.17, 15) is 18.0 Å². The molecular weight excluding hydrogens is 157 g/mol. The molecule has 0 amide bonds. The van der Waals surface area contributed by atoms with Gasteiger partial charge in [-0.1, -0.05) is 6.08 Å². The van der Waals surface area contributed by atoms with Crippen LogP contribution in [0.2, 0.25) is 0 Å². The SMILES string of the molecule is O=C1C=CC(C(F)(F)F)=CC1. The van der Waals surface area contributed by atoms with Crippen molar-refractivity contribution in [1.29, 1.82) is 0 Å². The van der Waals surface area contributed by atoms with Crippen molar-refractivity contribution in [3.8, 4) is 0 Å². The Balaban J connectivity index is 2.79. The van der Waals surface area contributed by atoms with Gasteiger partial charge in [0.2, 0.25) is 0 Å². The molecule has 0 aromatic heterocycles. The molecule has 0 radical (unpaired) electrons. The highest BCUT2D eigenvalue weighted by Crippen LogP contribution is 2.28. The zero-order chi connectivity index (χ0) is 8.48. The molecule has 1 aliphatic carbocycles. The molecule has 0 bridgehead atoms. The summed E-state index contributed by atoms with van der Waals surface area (Å²) in [6.07, 6.45) is -1.83. The monoisotopic (exact) mass is 162 g/mol. The van der Waals surface area contributed by atoms with Gasteiger partial charge in [-0.15, -0.1) is 0 Å². The molecule has 0 aromatic rings. The zero-order valence-electron chi connectivity index (χ0n) is 5.48. The molecule has 0 saturated heterocycles. The van der Waals surface area contributed by atoms with Gasteiger partial charge in [-0.3, -0.25) is 4.79 Å². The van der Waals surface area contributed by atoms with Gasteiger partial charge in [0.05, 0.1) is 5.57 Å². The van der Waals surface area contributed by atoms with E-state index in [1.165, 1.54) is 0 Å². The number of ketones is 1. The van der Waals surface area contributed by atoms with Gasteiger partial charge in [-0.25, -0.2) is 0 Å². The van der Waals surface area contributed by atoms with E-state index >= 15 is 0 Å². The highest BCUT2D eigenvalue weighted by Gasteiger charge is 2.32. The predicted octanol–water partition coefficient (Wildman–Crippen LogP) is 2.00. The van der Waals surface area contributed by atoms with E-state index < -0.39 is 11.7 Å². The van der Waals surface area contributed by atoms with Crippen LogP contribution in [0.15, 0.2) is 23.8 Å². The zero-order valence-corrected chi connectivity index (χ0v) is 5.48. The van der Waals surface area contributed by atoms with Gasteiger partial charge in [0.25, 0.3) is 0 Å². The number of carbonyl (C=O) groups excluding carboxylic acids is 1. The van der Waals surface area contributed by atoms with Crippen molar-refractivity contribution < 1.29 is 18.0 Å². The quantitative estimate of drug-likeness (QED) is 0.532. The third kappa shape index (κ3) is 1.93. The topological polar surface area (TPSA) is 17.1 Å². The smallest absolute Gasteiger partial charge is 0.295 e. The first-order chi connectivity index (χ1) is 5.00. The molecule has 0 atom stereocenters. The van der Waals surface area contributed by atoms with Crippen molar-refractivity contribution in [1.82, 2.24) is 0 Å². The second-order valence-electron chi connectivity index (χ2n) is 2.16. The summed E-state index contributed by atoms with van der Waals surface area (Å²) in [7, 11) is 0. The second-order valence-corrected chi connectivity index (χ2v) is 2.16. The molecule has 1 nitrogen and oxygen atoms in total. The molecule has 0 N–H and O–H groups in total. The first-order valence-electron chi connectivity index (χ1n) is 2.98. The fourth-order valence-electron chi connectivity index (χ4n) is 0.740. The summed E-state index contributed by atoms with van der Waals surface area (Å²) < 4.78 is 35.5. The number of halogens is 3. The van der Waals surface area contributed by atoms with Gasteiger partial charge >= 0.3 is 6.18 Å². The minimum atomic E-state index is -4.32. The molecule has 0 aromatic carbocycles. The van der Waals surface area contributed by atoms with Gasteiger partial charge in [0.1, 0.15) is 0 Å². The maximum absolute atomic E-state index is 11.8. The lowest BCUT2D eigenvalue weighted by Crippen LogP contribution is -2.13. The van der Waals surface area contributed by atoms with Crippen LogP contribution in [0.1, 0.15) is 6.42 Å². The van der Waals surface area contributed by atoms with E-state index in [-0.39, 0.29) is 12.2 Å². The van der Waals surface area contributed by atoms with E-state index in [4.69, 9.17) is 0 Å². The number of rotatable bonds is 0. The number of hydrogen-bond acceptors (Lipinski definition) is 1. The predicted molar refractivity (Wildman–Crippen MR) is 32.9 cm³/mol. The lowest BCUT2D eigenvalue weighted by Gasteiger charge is -2.09. The first kappa shape index (κ1) is 8.04. The Labute approximate surface area is 61.2 Å². The third-order valence-corrected chi connectivity index (χ3v) is 1.30. The third-order valence-electron chi connectivity index (χ3n) is 1.30. The summed E-state index contributed by atoms with van der Waals surface area (Å²) in [5.41, 5.74) is -0.739. The van der Waals surface area contributed by atoms with Crippen LogP contribution in [0.25, 0.3) is 0 Å². The van der Waals surface area contributed by atoms with Gasteiger partial charge < -0.3 is 0 Å². The molecule has 1 aliphatic rings. The van der Waals surface area contributed by atoms with Gasteiger partial charge in [-0.05, 0) is 12.2 Å². The molecule has 0 saturated carbocycles. The van der Waals surface area contributed by atoms with Crippen molar-refractivity contribution in [3.05, 3.63) is 23.8 Å². The lowest BCUT2D eigenvalue weighted by atomic mass is 10.1. The minimum absolute atomic E-state index is 0.147. The van der Waals surface area contributed by atoms with E-state index in [1.54, 1.807) is 0 Å². The second kappa shape index (κ2) is 2.53. The maximum Gasteiger partial charge on any atom is 0.416 e. The number of hydrogen-bond donors (Lipinski definition) is 0. The summed E-state index contributed by atoms with van der Waals surface area (Å²) in [4.78, 5) is 10.4. The number of allylic oxidation sites excluding steroid dienone is 4. The fourth-order valence-corrected chi connectivity index (χ4v) is 0.740. The summed E-state index contributed by atoms with van der Waals surface area (Å²) in [5, 5.41) is 0. The Kier molecular flexibility index (Phi) is 1.85. The molecule has 60 valence electrons. The molecule has 4 heteroatoms. The first-order valence-corrected chi connectivity index (χ1v) is 2.98. The summed E-state index contributed by atoms with van der Waals surface area (Å²) in [6, 6.07) is 0. The van der Waals surface area contributed by atoms with Gasteiger partial charge in [-0.2, -0.15) is 13.2 Å². The van der Waals surface area contributed by atoms with Crippen molar-refractivity contribution in [3.63, 3.8) is 0 Å². The van der Waals surface area contributed by atoms with Crippen molar-refractivity contribution in [2.24, 2.45) is 0 Å². The minimum Gasteiger partial charge on any atom is -0.295 e. The van der Waals surface area contributed by atoms with Crippen LogP contribution in [-0.4, -0.2) is 12.0 Å². The molecule has 1 rings (SSSR count).